The molecule has 0 radical (unpaired) electrons. The Morgan fingerprint density at radius 2 is 2.17 bits per heavy atom. The molecule has 0 aliphatic carbocycles. The molecule has 96 valence electrons. The Kier molecular flexibility index (Phi) is 3.70. The molecule has 0 saturated carbocycles. The van der Waals surface area contributed by atoms with Crippen LogP contribution in [0.25, 0.3) is 16.6 Å². The fourth-order valence-electron chi connectivity index (χ4n) is 2.43. The summed E-state index contributed by atoms with van der Waals surface area (Å²) >= 11 is 0. The zero-order valence-corrected chi connectivity index (χ0v) is 11.3. The minimum absolute atomic E-state index is 0.0511. The predicted octanol–water partition coefficient (Wildman–Crippen LogP) is 3.46. The summed E-state index contributed by atoms with van der Waals surface area (Å²) in [6, 6.07) is 6.06. The van der Waals surface area contributed by atoms with Crippen LogP contribution in [0, 0.1) is 0 Å². The number of allylic oxidation sites excluding steroid dienone is 2. The summed E-state index contributed by atoms with van der Waals surface area (Å²) in [6.07, 6.45) is 5.44. The molecule has 3 heteroatoms. The van der Waals surface area contributed by atoms with Crippen molar-refractivity contribution >= 4 is 16.6 Å². The molecule has 0 amide bonds. The maximum absolute atomic E-state index is 11.7. The number of rotatable bonds is 4. The van der Waals surface area contributed by atoms with Crippen LogP contribution < -0.4 is 5.69 Å². The molecule has 3 nitrogen and oxygen atoms in total. The van der Waals surface area contributed by atoms with Gasteiger partial charge in [0.05, 0.1) is 11.0 Å². The first-order valence-corrected chi connectivity index (χ1v) is 6.56. The van der Waals surface area contributed by atoms with Crippen LogP contribution in [0.5, 0.6) is 0 Å². The summed E-state index contributed by atoms with van der Waals surface area (Å²) in [5.74, 6) is 0. The quantitative estimate of drug-likeness (QED) is 0.878. The lowest BCUT2D eigenvalue weighted by Gasteiger charge is -2.09. The van der Waals surface area contributed by atoms with Crippen molar-refractivity contribution in [1.82, 2.24) is 9.55 Å². The molecule has 1 heterocycles. The van der Waals surface area contributed by atoms with Crippen molar-refractivity contribution in [2.75, 3.05) is 0 Å². The Hall–Kier alpha value is -1.77. The minimum Gasteiger partial charge on any atom is -0.306 e. The van der Waals surface area contributed by atoms with Gasteiger partial charge in [-0.05, 0) is 24.5 Å². The van der Waals surface area contributed by atoms with Crippen LogP contribution >= 0.6 is 0 Å². The molecule has 1 N–H and O–H groups in total. The zero-order chi connectivity index (χ0) is 13.1. The Morgan fingerprint density at radius 3 is 2.83 bits per heavy atom. The van der Waals surface area contributed by atoms with Crippen molar-refractivity contribution in [3.05, 3.63) is 40.3 Å². The van der Waals surface area contributed by atoms with Gasteiger partial charge in [0.1, 0.15) is 0 Å². The van der Waals surface area contributed by atoms with Crippen molar-refractivity contribution in [1.29, 1.82) is 0 Å². The number of aryl methyl sites for hydroxylation is 1. The van der Waals surface area contributed by atoms with E-state index in [0.717, 1.165) is 30.3 Å². The molecule has 0 aliphatic rings. The van der Waals surface area contributed by atoms with E-state index in [-0.39, 0.29) is 5.69 Å². The van der Waals surface area contributed by atoms with E-state index in [9.17, 15) is 4.79 Å². The summed E-state index contributed by atoms with van der Waals surface area (Å²) < 4.78 is 1.70. The zero-order valence-electron chi connectivity index (χ0n) is 11.3. The molecule has 0 spiro atoms. The van der Waals surface area contributed by atoms with Gasteiger partial charge in [0.15, 0.2) is 0 Å². The molecule has 0 fully saturated rings. The molecular formula is C15H20N2O. The van der Waals surface area contributed by atoms with Crippen molar-refractivity contribution in [2.24, 2.45) is 7.05 Å². The monoisotopic (exact) mass is 244 g/mol. The number of aromatic amines is 1. The fourth-order valence-corrected chi connectivity index (χ4v) is 2.43. The number of hydrogen-bond donors (Lipinski definition) is 1. The average Bonchev–Trinajstić information content (AvgIpc) is 2.65. The van der Waals surface area contributed by atoms with Crippen LogP contribution in [0.2, 0.25) is 0 Å². The SMILES string of the molecule is CCC=C(CCC)c1cccc2[nH]c(=O)n(C)c12. The van der Waals surface area contributed by atoms with E-state index in [0.29, 0.717) is 0 Å². The molecule has 0 unspecified atom stereocenters. The summed E-state index contributed by atoms with van der Waals surface area (Å²) in [4.78, 5) is 14.6. The van der Waals surface area contributed by atoms with Gasteiger partial charge in [0, 0.05) is 12.6 Å². The molecule has 0 aliphatic heterocycles. The number of fused-ring (bicyclic) bond motifs is 1. The largest absolute Gasteiger partial charge is 0.326 e. The van der Waals surface area contributed by atoms with E-state index < -0.39 is 0 Å². The third-order valence-electron chi connectivity index (χ3n) is 3.23. The molecular weight excluding hydrogens is 224 g/mol. The second-order valence-electron chi connectivity index (χ2n) is 4.58. The average molecular weight is 244 g/mol. The maximum Gasteiger partial charge on any atom is 0.326 e. The number of H-pyrrole nitrogens is 1. The van der Waals surface area contributed by atoms with E-state index in [2.05, 4.69) is 31.0 Å². The van der Waals surface area contributed by atoms with Crippen LogP contribution in [-0.2, 0) is 7.05 Å². The van der Waals surface area contributed by atoms with Crippen LogP contribution in [0.3, 0.4) is 0 Å². The van der Waals surface area contributed by atoms with Gasteiger partial charge < -0.3 is 4.98 Å². The van der Waals surface area contributed by atoms with Gasteiger partial charge in [-0.1, -0.05) is 38.5 Å². The third-order valence-corrected chi connectivity index (χ3v) is 3.23. The normalized spacial score (nSPS) is 12.3. The van der Waals surface area contributed by atoms with E-state index in [4.69, 9.17) is 0 Å². The molecule has 1 aromatic heterocycles. The predicted molar refractivity (Wildman–Crippen MR) is 76.7 cm³/mol. The highest BCUT2D eigenvalue weighted by Gasteiger charge is 2.10. The first kappa shape index (κ1) is 12.7. The number of nitrogens with one attached hydrogen (secondary N) is 1. The standard InChI is InChI=1S/C15H20N2O/c1-4-7-11(8-5-2)12-9-6-10-13-14(12)17(3)15(18)16-13/h6-7,9-10H,4-5,8H2,1-3H3,(H,16,18). The van der Waals surface area contributed by atoms with Crippen molar-refractivity contribution in [3.8, 4) is 0 Å². The lowest BCUT2D eigenvalue weighted by atomic mass is 9.99. The second-order valence-corrected chi connectivity index (χ2v) is 4.58. The Labute approximate surface area is 107 Å². The number of benzene rings is 1. The van der Waals surface area contributed by atoms with Crippen LogP contribution in [0.4, 0.5) is 0 Å². The Balaban J connectivity index is 2.69. The number of nitrogens with zero attached hydrogens (tertiary/aromatic N) is 1. The van der Waals surface area contributed by atoms with E-state index in [1.165, 1.54) is 11.1 Å². The smallest absolute Gasteiger partial charge is 0.306 e. The lowest BCUT2D eigenvalue weighted by molar-refractivity contribution is 0.888. The van der Waals surface area contributed by atoms with Crippen molar-refractivity contribution < 1.29 is 0 Å². The van der Waals surface area contributed by atoms with Gasteiger partial charge in [-0.2, -0.15) is 0 Å². The number of para-hydroxylation sites is 1. The number of hydrogen-bond acceptors (Lipinski definition) is 1. The minimum atomic E-state index is -0.0511. The fraction of sp³-hybridized carbons (Fsp3) is 0.400. The van der Waals surface area contributed by atoms with E-state index >= 15 is 0 Å². The number of imidazole rings is 1. The summed E-state index contributed by atoms with van der Waals surface area (Å²) in [7, 11) is 1.82. The molecule has 0 atom stereocenters. The molecule has 0 saturated heterocycles. The van der Waals surface area contributed by atoms with Crippen LogP contribution in [-0.4, -0.2) is 9.55 Å². The van der Waals surface area contributed by atoms with Gasteiger partial charge >= 0.3 is 5.69 Å². The highest BCUT2D eigenvalue weighted by atomic mass is 16.1. The van der Waals surface area contributed by atoms with Crippen LogP contribution in [0.1, 0.15) is 38.7 Å². The first-order chi connectivity index (χ1) is 8.69. The van der Waals surface area contributed by atoms with Gasteiger partial charge in [0.2, 0.25) is 0 Å². The highest BCUT2D eigenvalue weighted by Crippen LogP contribution is 2.26. The maximum atomic E-state index is 11.7. The van der Waals surface area contributed by atoms with Gasteiger partial charge in [-0.15, -0.1) is 0 Å². The topological polar surface area (TPSA) is 37.8 Å². The third kappa shape index (κ3) is 2.13. The van der Waals surface area contributed by atoms with E-state index in [1.54, 1.807) is 4.57 Å². The van der Waals surface area contributed by atoms with Crippen LogP contribution in [0.15, 0.2) is 29.1 Å². The van der Waals surface area contributed by atoms with Crippen molar-refractivity contribution in [3.63, 3.8) is 0 Å². The summed E-state index contributed by atoms with van der Waals surface area (Å²) in [6.45, 7) is 4.33. The summed E-state index contributed by atoms with van der Waals surface area (Å²) in [5, 5.41) is 0. The van der Waals surface area contributed by atoms with Crippen molar-refractivity contribution in [2.45, 2.75) is 33.1 Å². The lowest BCUT2D eigenvalue weighted by Crippen LogP contribution is -2.12. The molecule has 0 bridgehead atoms. The van der Waals surface area contributed by atoms with Gasteiger partial charge in [0.25, 0.3) is 0 Å². The molecule has 2 aromatic rings. The Bertz CT molecular complexity index is 631. The first-order valence-electron chi connectivity index (χ1n) is 6.56. The van der Waals surface area contributed by atoms with Gasteiger partial charge in [-0.3, -0.25) is 4.57 Å². The number of aromatic nitrogens is 2. The molecule has 2 rings (SSSR count). The molecule has 1 aromatic carbocycles. The summed E-state index contributed by atoms with van der Waals surface area (Å²) in [5.41, 5.74) is 4.39. The molecule has 18 heavy (non-hydrogen) atoms. The van der Waals surface area contributed by atoms with E-state index in [1.807, 2.05) is 19.2 Å². The second kappa shape index (κ2) is 5.25. The Morgan fingerprint density at radius 1 is 1.39 bits per heavy atom. The highest BCUT2D eigenvalue weighted by molar-refractivity contribution is 5.89. The van der Waals surface area contributed by atoms with Gasteiger partial charge in [-0.25, -0.2) is 4.79 Å².